The van der Waals surface area contributed by atoms with Crippen molar-refractivity contribution in [2.75, 3.05) is 19.8 Å². The standard InChI is InChI=1S/C15H15ClN4O3/c16-11-1-2-13-10(5-11)3-4-20(15(13)22)12-6-18-9-19(7-12)23-8-14(17)21/h1-2,5-7H,3-4,8-9H2,(H2,17,21). The van der Waals surface area contributed by atoms with Crippen molar-refractivity contribution in [1.29, 1.82) is 0 Å². The Labute approximate surface area is 137 Å². The number of benzene rings is 1. The normalized spacial score (nSPS) is 17.1. The molecule has 0 aromatic heterocycles. The molecule has 3 rings (SSSR count). The van der Waals surface area contributed by atoms with Crippen molar-refractivity contribution in [3.8, 4) is 0 Å². The van der Waals surface area contributed by atoms with E-state index in [2.05, 4.69) is 4.99 Å². The number of nitrogens with zero attached hydrogens (tertiary/aromatic N) is 3. The number of carbonyl (C=O) groups excluding carboxylic acids is 2. The van der Waals surface area contributed by atoms with E-state index in [4.69, 9.17) is 22.2 Å². The number of nitrogens with two attached hydrogens (primary N) is 1. The second-order valence-corrected chi connectivity index (χ2v) is 5.61. The van der Waals surface area contributed by atoms with Gasteiger partial charge in [0.2, 0.25) is 5.91 Å². The third-order valence-electron chi connectivity index (χ3n) is 3.55. The summed E-state index contributed by atoms with van der Waals surface area (Å²) in [5, 5.41) is 2.00. The van der Waals surface area contributed by atoms with E-state index in [0.717, 1.165) is 5.56 Å². The van der Waals surface area contributed by atoms with E-state index in [0.29, 0.717) is 29.2 Å². The maximum atomic E-state index is 12.6. The monoisotopic (exact) mass is 334 g/mol. The average Bonchev–Trinajstić information content (AvgIpc) is 2.53. The molecule has 0 aliphatic carbocycles. The summed E-state index contributed by atoms with van der Waals surface area (Å²) in [5.41, 5.74) is 7.22. The van der Waals surface area contributed by atoms with Crippen LogP contribution in [0, 0.1) is 0 Å². The van der Waals surface area contributed by atoms with E-state index in [9.17, 15) is 9.59 Å². The summed E-state index contributed by atoms with van der Waals surface area (Å²) in [7, 11) is 0. The molecule has 0 saturated heterocycles. The Hall–Kier alpha value is -2.38. The minimum Gasteiger partial charge on any atom is -0.368 e. The van der Waals surface area contributed by atoms with Crippen molar-refractivity contribution in [1.82, 2.24) is 9.96 Å². The lowest BCUT2D eigenvalue weighted by molar-refractivity contribution is -0.148. The zero-order chi connectivity index (χ0) is 16.4. The molecule has 0 atom stereocenters. The van der Waals surface area contributed by atoms with Crippen LogP contribution in [-0.2, 0) is 16.1 Å². The molecule has 23 heavy (non-hydrogen) atoms. The van der Waals surface area contributed by atoms with Gasteiger partial charge in [0.05, 0.1) is 11.9 Å². The van der Waals surface area contributed by atoms with Crippen LogP contribution >= 0.6 is 11.6 Å². The third-order valence-corrected chi connectivity index (χ3v) is 3.79. The molecule has 2 aliphatic heterocycles. The van der Waals surface area contributed by atoms with E-state index >= 15 is 0 Å². The highest BCUT2D eigenvalue weighted by Gasteiger charge is 2.27. The zero-order valence-electron chi connectivity index (χ0n) is 12.2. The summed E-state index contributed by atoms with van der Waals surface area (Å²) in [4.78, 5) is 34.4. The number of primary amides is 1. The molecule has 0 saturated carbocycles. The number of allylic oxidation sites excluding steroid dienone is 1. The second kappa shape index (κ2) is 6.39. The van der Waals surface area contributed by atoms with Crippen LogP contribution in [-0.4, -0.2) is 47.8 Å². The molecule has 0 fully saturated rings. The fourth-order valence-electron chi connectivity index (χ4n) is 2.50. The maximum Gasteiger partial charge on any atom is 0.258 e. The van der Waals surface area contributed by atoms with Gasteiger partial charge in [0, 0.05) is 23.3 Å². The molecule has 2 heterocycles. The van der Waals surface area contributed by atoms with E-state index in [-0.39, 0.29) is 19.2 Å². The molecule has 0 bridgehead atoms. The van der Waals surface area contributed by atoms with E-state index in [1.54, 1.807) is 29.4 Å². The molecule has 0 unspecified atom stereocenters. The molecule has 8 heteroatoms. The first-order chi connectivity index (χ1) is 11.0. The molecule has 2 aliphatic rings. The lowest BCUT2D eigenvalue weighted by atomic mass is 9.98. The third kappa shape index (κ3) is 3.35. The Kier molecular flexibility index (Phi) is 4.31. The largest absolute Gasteiger partial charge is 0.368 e. The van der Waals surface area contributed by atoms with Gasteiger partial charge in [-0.1, -0.05) is 11.6 Å². The predicted molar refractivity (Wildman–Crippen MR) is 84.6 cm³/mol. The fraction of sp³-hybridized carbons (Fsp3) is 0.267. The van der Waals surface area contributed by atoms with Crippen molar-refractivity contribution in [3.05, 3.63) is 46.2 Å². The van der Waals surface area contributed by atoms with Crippen LogP contribution in [0.15, 0.2) is 35.1 Å². The number of hydrogen-bond donors (Lipinski definition) is 1. The number of hydroxylamine groups is 2. The first kappa shape index (κ1) is 15.5. The first-order valence-electron chi connectivity index (χ1n) is 7.04. The minimum absolute atomic E-state index is 0.114. The number of halogens is 1. The lowest BCUT2D eigenvalue weighted by Gasteiger charge is -2.31. The number of fused-ring (bicyclic) bond motifs is 1. The van der Waals surface area contributed by atoms with Crippen molar-refractivity contribution < 1.29 is 14.4 Å². The molecule has 2 amide bonds. The summed E-state index contributed by atoms with van der Waals surface area (Å²) in [6.45, 7) is 0.521. The highest BCUT2D eigenvalue weighted by molar-refractivity contribution is 6.30. The van der Waals surface area contributed by atoms with Gasteiger partial charge in [-0.3, -0.25) is 19.4 Å². The number of aliphatic imine (C=N–C) groups is 1. The Morgan fingerprint density at radius 2 is 2.26 bits per heavy atom. The minimum atomic E-state index is -0.575. The smallest absolute Gasteiger partial charge is 0.258 e. The van der Waals surface area contributed by atoms with Crippen LogP contribution in [0.2, 0.25) is 5.02 Å². The number of rotatable bonds is 4. The first-order valence-corrected chi connectivity index (χ1v) is 7.42. The van der Waals surface area contributed by atoms with Crippen LogP contribution in [0.1, 0.15) is 15.9 Å². The van der Waals surface area contributed by atoms with Crippen LogP contribution in [0.3, 0.4) is 0 Å². The highest BCUT2D eigenvalue weighted by atomic mass is 35.5. The summed E-state index contributed by atoms with van der Waals surface area (Å²) in [6, 6.07) is 5.25. The average molecular weight is 335 g/mol. The summed E-state index contributed by atoms with van der Waals surface area (Å²) >= 11 is 5.97. The van der Waals surface area contributed by atoms with Crippen molar-refractivity contribution in [2.45, 2.75) is 6.42 Å². The van der Waals surface area contributed by atoms with Crippen molar-refractivity contribution in [2.24, 2.45) is 10.7 Å². The van der Waals surface area contributed by atoms with Gasteiger partial charge in [0.25, 0.3) is 5.91 Å². The molecule has 2 N–H and O–H groups in total. The van der Waals surface area contributed by atoms with Crippen LogP contribution < -0.4 is 5.73 Å². The summed E-state index contributed by atoms with van der Waals surface area (Å²) in [5.74, 6) is -0.688. The van der Waals surface area contributed by atoms with Gasteiger partial charge in [-0.2, -0.15) is 0 Å². The van der Waals surface area contributed by atoms with E-state index in [1.165, 1.54) is 5.06 Å². The molecule has 0 spiro atoms. The Bertz CT molecular complexity index is 717. The number of hydrogen-bond acceptors (Lipinski definition) is 5. The van der Waals surface area contributed by atoms with Gasteiger partial charge in [0.1, 0.15) is 6.67 Å². The second-order valence-electron chi connectivity index (χ2n) is 5.17. The van der Waals surface area contributed by atoms with Gasteiger partial charge in [-0.05, 0) is 30.2 Å². The Balaban J connectivity index is 1.79. The topological polar surface area (TPSA) is 88.2 Å². The molecule has 1 aromatic carbocycles. The van der Waals surface area contributed by atoms with Crippen LogP contribution in [0.4, 0.5) is 0 Å². The molecule has 0 radical (unpaired) electrons. The van der Waals surface area contributed by atoms with Gasteiger partial charge >= 0.3 is 0 Å². The molecule has 7 nitrogen and oxygen atoms in total. The van der Waals surface area contributed by atoms with Gasteiger partial charge < -0.3 is 10.6 Å². The fourth-order valence-corrected chi connectivity index (χ4v) is 2.70. The van der Waals surface area contributed by atoms with Crippen LogP contribution in [0.25, 0.3) is 0 Å². The highest BCUT2D eigenvalue weighted by Crippen LogP contribution is 2.25. The lowest BCUT2D eigenvalue weighted by Crippen LogP contribution is -2.39. The summed E-state index contributed by atoms with van der Waals surface area (Å²) < 4.78 is 0. The quantitative estimate of drug-likeness (QED) is 0.887. The Morgan fingerprint density at radius 3 is 3.04 bits per heavy atom. The SMILES string of the molecule is NC(=O)CON1C=C(N2CCc3cc(Cl)ccc3C2=O)C=NC1. The predicted octanol–water partition coefficient (Wildman–Crippen LogP) is 0.941. The molecular formula is C15H15ClN4O3. The van der Waals surface area contributed by atoms with Crippen LogP contribution in [0.5, 0.6) is 0 Å². The molecule has 120 valence electrons. The Morgan fingerprint density at radius 1 is 1.43 bits per heavy atom. The van der Waals surface area contributed by atoms with E-state index in [1.807, 2.05) is 6.07 Å². The molecular weight excluding hydrogens is 320 g/mol. The van der Waals surface area contributed by atoms with Gasteiger partial charge in [0.15, 0.2) is 6.61 Å². The van der Waals surface area contributed by atoms with E-state index < -0.39 is 5.91 Å². The van der Waals surface area contributed by atoms with Crippen molar-refractivity contribution >= 4 is 29.6 Å². The number of amides is 2. The van der Waals surface area contributed by atoms with Gasteiger partial charge in [-0.15, -0.1) is 0 Å². The number of carbonyl (C=O) groups is 2. The maximum absolute atomic E-state index is 12.6. The molecule has 1 aromatic rings. The van der Waals surface area contributed by atoms with Gasteiger partial charge in [-0.25, -0.2) is 5.06 Å². The van der Waals surface area contributed by atoms with Crippen molar-refractivity contribution in [3.63, 3.8) is 0 Å². The summed E-state index contributed by atoms with van der Waals surface area (Å²) in [6.07, 6.45) is 3.95. The zero-order valence-corrected chi connectivity index (χ0v) is 13.0.